The van der Waals surface area contributed by atoms with E-state index in [0.29, 0.717) is 17.7 Å². The standard InChI is InChI=1S/C20H26N4O2/c1-4-16-7-5-6-12-24(16)19(25)18-13-14(2)21-20(23-18)22-15-8-10-17(26-3)11-9-15/h8-11,13,16H,4-7,12H2,1-3H3,(H,21,22,23). The Bertz CT molecular complexity index is 761. The van der Waals surface area contributed by atoms with Crippen molar-refractivity contribution < 1.29 is 9.53 Å². The highest BCUT2D eigenvalue weighted by Gasteiger charge is 2.27. The van der Waals surface area contributed by atoms with Crippen molar-refractivity contribution in [2.45, 2.75) is 45.6 Å². The molecule has 1 aliphatic rings. The first-order chi connectivity index (χ1) is 12.6. The highest BCUT2D eigenvalue weighted by Crippen LogP contribution is 2.23. The van der Waals surface area contributed by atoms with Crippen molar-refractivity contribution in [2.24, 2.45) is 0 Å². The maximum absolute atomic E-state index is 13.0. The topological polar surface area (TPSA) is 67.4 Å². The number of ether oxygens (including phenoxy) is 1. The van der Waals surface area contributed by atoms with Gasteiger partial charge in [-0.3, -0.25) is 4.79 Å². The van der Waals surface area contributed by atoms with Crippen LogP contribution in [0.1, 0.15) is 48.8 Å². The number of carbonyl (C=O) groups excluding carboxylic acids is 1. The van der Waals surface area contributed by atoms with Crippen LogP contribution in [0.25, 0.3) is 0 Å². The highest BCUT2D eigenvalue weighted by molar-refractivity contribution is 5.93. The molecule has 1 aromatic heterocycles. The number of carbonyl (C=O) groups is 1. The van der Waals surface area contributed by atoms with Gasteiger partial charge in [-0.15, -0.1) is 0 Å². The average Bonchev–Trinajstić information content (AvgIpc) is 2.67. The van der Waals surface area contributed by atoms with Crippen LogP contribution in [-0.4, -0.2) is 40.5 Å². The first-order valence-electron chi connectivity index (χ1n) is 9.18. The smallest absolute Gasteiger partial charge is 0.272 e. The van der Waals surface area contributed by atoms with Crippen molar-refractivity contribution in [1.82, 2.24) is 14.9 Å². The zero-order valence-electron chi connectivity index (χ0n) is 15.7. The lowest BCUT2D eigenvalue weighted by atomic mass is 9.99. The maximum atomic E-state index is 13.0. The molecule has 0 bridgehead atoms. The van der Waals surface area contributed by atoms with Gasteiger partial charge in [0.1, 0.15) is 11.4 Å². The van der Waals surface area contributed by atoms with E-state index in [1.54, 1.807) is 13.2 Å². The summed E-state index contributed by atoms with van der Waals surface area (Å²) in [4.78, 5) is 23.9. The van der Waals surface area contributed by atoms with E-state index in [1.165, 1.54) is 6.42 Å². The lowest BCUT2D eigenvalue weighted by molar-refractivity contribution is 0.0602. The minimum Gasteiger partial charge on any atom is -0.497 e. The monoisotopic (exact) mass is 354 g/mol. The largest absolute Gasteiger partial charge is 0.497 e. The van der Waals surface area contributed by atoms with E-state index in [-0.39, 0.29) is 5.91 Å². The number of hydrogen-bond acceptors (Lipinski definition) is 5. The molecule has 1 saturated heterocycles. The van der Waals surface area contributed by atoms with E-state index in [0.717, 1.165) is 42.9 Å². The summed E-state index contributed by atoms with van der Waals surface area (Å²) >= 11 is 0. The van der Waals surface area contributed by atoms with Crippen molar-refractivity contribution in [3.05, 3.63) is 41.7 Å². The number of rotatable bonds is 5. The Kier molecular flexibility index (Phi) is 5.71. The summed E-state index contributed by atoms with van der Waals surface area (Å²) in [6.45, 7) is 4.82. The van der Waals surface area contributed by atoms with Crippen molar-refractivity contribution in [2.75, 3.05) is 19.0 Å². The van der Waals surface area contributed by atoms with Crippen LogP contribution in [0.4, 0.5) is 11.6 Å². The van der Waals surface area contributed by atoms with Crippen molar-refractivity contribution in [1.29, 1.82) is 0 Å². The quantitative estimate of drug-likeness (QED) is 0.881. The van der Waals surface area contributed by atoms with Gasteiger partial charge in [-0.25, -0.2) is 9.97 Å². The minimum absolute atomic E-state index is 0.000157. The number of piperidine rings is 1. The van der Waals surface area contributed by atoms with Gasteiger partial charge in [0, 0.05) is 24.0 Å². The van der Waals surface area contributed by atoms with E-state index in [1.807, 2.05) is 36.1 Å². The van der Waals surface area contributed by atoms with Crippen LogP contribution in [0.15, 0.2) is 30.3 Å². The molecule has 0 aliphatic carbocycles. The van der Waals surface area contributed by atoms with E-state index in [4.69, 9.17) is 4.74 Å². The molecule has 1 unspecified atom stereocenters. The Morgan fingerprint density at radius 2 is 2.04 bits per heavy atom. The Balaban J connectivity index is 1.81. The van der Waals surface area contributed by atoms with Gasteiger partial charge in [-0.2, -0.15) is 0 Å². The van der Waals surface area contributed by atoms with Gasteiger partial charge < -0.3 is 15.0 Å². The second-order valence-corrected chi connectivity index (χ2v) is 6.63. The number of nitrogens with zero attached hydrogens (tertiary/aromatic N) is 3. The number of anilines is 2. The number of aromatic nitrogens is 2. The Labute approximate surface area is 154 Å². The van der Waals surface area contributed by atoms with Crippen molar-refractivity contribution in [3.8, 4) is 5.75 Å². The molecule has 1 aliphatic heterocycles. The first kappa shape index (κ1) is 18.2. The average molecular weight is 354 g/mol. The lowest BCUT2D eigenvalue weighted by Gasteiger charge is -2.35. The number of methoxy groups -OCH3 is 1. The number of likely N-dealkylation sites (tertiary alicyclic amines) is 1. The normalized spacial score (nSPS) is 17.0. The number of benzene rings is 1. The Morgan fingerprint density at radius 3 is 2.73 bits per heavy atom. The Morgan fingerprint density at radius 1 is 1.27 bits per heavy atom. The van der Waals surface area contributed by atoms with Gasteiger partial charge >= 0.3 is 0 Å². The molecule has 0 saturated carbocycles. The summed E-state index contributed by atoms with van der Waals surface area (Å²) in [7, 11) is 1.63. The van der Waals surface area contributed by atoms with Gasteiger partial charge in [0.2, 0.25) is 5.95 Å². The molecular formula is C20H26N4O2. The van der Waals surface area contributed by atoms with Crippen LogP contribution < -0.4 is 10.1 Å². The van der Waals surface area contributed by atoms with Crippen LogP contribution in [-0.2, 0) is 0 Å². The van der Waals surface area contributed by atoms with Crippen LogP contribution in [0.2, 0.25) is 0 Å². The van der Waals surface area contributed by atoms with E-state index >= 15 is 0 Å². The number of nitrogens with one attached hydrogen (secondary N) is 1. The minimum atomic E-state index is -0.000157. The second kappa shape index (κ2) is 8.17. The molecule has 6 heteroatoms. The van der Waals surface area contributed by atoms with E-state index < -0.39 is 0 Å². The molecule has 1 fully saturated rings. The van der Waals surface area contributed by atoms with Crippen LogP contribution in [0, 0.1) is 6.92 Å². The third-order valence-electron chi connectivity index (χ3n) is 4.78. The van der Waals surface area contributed by atoms with Crippen LogP contribution in [0.5, 0.6) is 5.75 Å². The molecule has 6 nitrogen and oxygen atoms in total. The molecule has 1 N–H and O–H groups in total. The fourth-order valence-electron chi connectivity index (χ4n) is 3.38. The maximum Gasteiger partial charge on any atom is 0.272 e. The zero-order valence-corrected chi connectivity index (χ0v) is 15.7. The molecule has 2 aromatic rings. The molecule has 2 heterocycles. The highest BCUT2D eigenvalue weighted by atomic mass is 16.5. The number of hydrogen-bond donors (Lipinski definition) is 1. The predicted molar refractivity (Wildman–Crippen MR) is 102 cm³/mol. The fraction of sp³-hybridized carbons (Fsp3) is 0.450. The second-order valence-electron chi connectivity index (χ2n) is 6.63. The number of aryl methyl sites for hydroxylation is 1. The van der Waals surface area contributed by atoms with Crippen molar-refractivity contribution >= 4 is 17.5 Å². The summed E-state index contributed by atoms with van der Waals surface area (Å²) in [5.41, 5.74) is 2.07. The summed E-state index contributed by atoms with van der Waals surface area (Å²) in [5.74, 6) is 1.22. The van der Waals surface area contributed by atoms with E-state index in [2.05, 4.69) is 22.2 Å². The third-order valence-corrected chi connectivity index (χ3v) is 4.78. The zero-order chi connectivity index (χ0) is 18.5. The predicted octanol–water partition coefficient (Wildman–Crippen LogP) is 3.94. The molecule has 1 amide bonds. The SMILES string of the molecule is CCC1CCCCN1C(=O)c1cc(C)nc(Nc2ccc(OC)cc2)n1. The van der Waals surface area contributed by atoms with Crippen molar-refractivity contribution in [3.63, 3.8) is 0 Å². The van der Waals surface area contributed by atoms with Gasteiger partial charge in [0.25, 0.3) is 5.91 Å². The lowest BCUT2D eigenvalue weighted by Crippen LogP contribution is -2.43. The molecule has 1 atom stereocenters. The fourth-order valence-corrected chi connectivity index (χ4v) is 3.38. The summed E-state index contributed by atoms with van der Waals surface area (Å²) in [6.07, 6.45) is 4.30. The Hall–Kier alpha value is -2.63. The van der Waals surface area contributed by atoms with Gasteiger partial charge in [-0.1, -0.05) is 6.92 Å². The summed E-state index contributed by atoms with van der Waals surface area (Å²) < 4.78 is 5.17. The molecule has 26 heavy (non-hydrogen) atoms. The molecule has 0 spiro atoms. The third kappa shape index (κ3) is 4.12. The molecule has 0 radical (unpaired) electrons. The number of amides is 1. The van der Waals surface area contributed by atoms with Crippen LogP contribution >= 0.6 is 0 Å². The van der Waals surface area contributed by atoms with Gasteiger partial charge in [0.05, 0.1) is 7.11 Å². The van der Waals surface area contributed by atoms with Gasteiger partial charge in [-0.05, 0) is 62.9 Å². The summed E-state index contributed by atoms with van der Waals surface area (Å²) in [6, 6.07) is 9.59. The first-order valence-corrected chi connectivity index (χ1v) is 9.18. The van der Waals surface area contributed by atoms with E-state index in [9.17, 15) is 4.79 Å². The van der Waals surface area contributed by atoms with Crippen LogP contribution in [0.3, 0.4) is 0 Å². The summed E-state index contributed by atoms with van der Waals surface area (Å²) in [5, 5.41) is 3.17. The molecule has 138 valence electrons. The van der Waals surface area contributed by atoms with Gasteiger partial charge in [0.15, 0.2) is 0 Å². The molecule has 1 aromatic carbocycles. The molecule has 3 rings (SSSR count). The molecular weight excluding hydrogens is 328 g/mol.